The first-order chi connectivity index (χ1) is 14.0. The molecule has 0 aliphatic carbocycles. The first-order valence-electron chi connectivity index (χ1n) is 8.96. The molecule has 0 unspecified atom stereocenters. The second-order valence-electron chi connectivity index (χ2n) is 6.27. The van der Waals surface area contributed by atoms with Crippen LogP contribution in [0.3, 0.4) is 0 Å². The first kappa shape index (κ1) is 20.3. The van der Waals surface area contributed by atoms with Crippen molar-refractivity contribution in [2.45, 2.75) is 13.3 Å². The number of hydrazone groups is 1. The summed E-state index contributed by atoms with van der Waals surface area (Å²) in [6.45, 7) is 1.81. The molecule has 0 saturated heterocycles. The lowest BCUT2D eigenvalue weighted by molar-refractivity contribution is -0.120. The van der Waals surface area contributed by atoms with E-state index in [4.69, 9.17) is 4.74 Å². The van der Waals surface area contributed by atoms with Gasteiger partial charge in [-0.25, -0.2) is 5.43 Å². The van der Waals surface area contributed by atoms with E-state index in [1.54, 1.807) is 25.3 Å². The number of benzene rings is 2. The van der Waals surface area contributed by atoms with Crippen molar-refractivity contribution in [3.8, 4) is 5.75 Å². The SMILES string of the molecule is COc1ccc(CC(=O)NN=C(C)c2ccc(NC(=O)c3cccs3)cc2)cc1. The third-order valence-electron chi connectivity index (χ3n) is 4.18. The van der Waals surface area contributed by atoms with Crippen LogP contribution in [0.2, 0.25) is 0 Å². The van der Waals surface area contributed by atoms with E-state index in [0.29, 0.717) is 16.3 Å². The highest BCUT2D eigenvalue weighted by atomic mass is 32.1. The summed E-state index contributed by atoms with van der Waals surface area (Å²) in [5.74, 6) is 0.413. The van der Waals surface area contributed by atoms with Gasteiger partial charge in [0.25, 0.3) is 5.91 Å². The van der Waals surface area contributed by atoms with Crippen LogP contribution in [0.1, 0.15) is 27.7 Å². The molecule has 0 aliphatic rings. The summed E-state index contributed by atoms with van der Waals surface area (Å²) in [6.07, 6.45) is 0.231. The van der Waals surface area contributed by atoms with Crippen LogP contribution in [-0.4, -0.2) is 24.6 Å². The molecule has 0 atom stereocenters. The molecule has 0 spiro atoms. The normalized spacial score (nSPS) is 11.0. The summed E-state index contributed by atoms with van der Waals surface area (Å²) in [4.78, 5) is 24.8. The molecule has 3 rings (SSSR count). The minimum Gasteiger partial charge on any atom is -0.497 e. The molecule has 29 heavy (non-hydrogen) atoms. The highest BCUT2D eigenvalue weighted by molar-refractivity contribution is 7.12. The lowest BCUT2D eigenvalue weighted by Gasteiger charge is -2.06. The second kappa shape index (κ2) is 9.66. The molecule has 3 aromatic rings. The molecule has 1 heterocycles. The van der Waals surface area contributed by atoms with E-state index in [1.165, 1.54) is 11.3 Å². The van der Waals surface area contributed by atoms with Crippen LogP contribution in [-0.2, 0) is 11.2 Å². The van der Waals surface area contributed by atoms with Crippen LogP contribution in [0, 0.1) is 0 Å². The minimum atomic E-state index is -0.200. The Morgan fingerprint density at radius 2 is 1.76 bits per heavy atom. The van der Waals surface area contributed by atoms with Gasteiger partial charge in [-0.05, 0) is 53.8 Å². The molecule has 0 saturated carbocycles. The number of hydrogen-bond donors (Lipinski definition) is 2. The van der Waals surface area contributed by atoms with Gasteiger partial charge in [0.05, 0.1) is 24.1 Å². The van der Waals surface area contributed by atoms with Gasteiger partial charge in [0.2, 0.25) is 5.91 Å². The fourth-order valence-electron chi connectivity index (χ4n) is 2.57. The largest absolute Gasteiger partial charge is 0.497 e. The smallest absolute Gasteiger partial charge is 0.265 e. The van der Waals surface area contributed by atoms with E-state index < -0.39 is 0 Å². The quantitative estimate of drug-likeness (QED) is 0.457. The average Bonchev–Trinajstić information content (AvgIpc) is 3.28. The van der Waals surface area contributed by atoms with Gasteiger partial charge in [0.1, 0.15) is 5.75 Å². The Balaban J connectivity index is 1.54. The van der Waals surface area contributed by atoms with Gasteiger partial charge >= 0.3 is 0 Å². The number of carbonyl (C=O) groups is 2. The van der Waals surface area contributed by atoms with Crippen molar-refractivity contribution in [2.24, 2.45) is 5.10 Å². The summed E-state index contributed by atoms with van der Waals surface area (Å²) >= 11 is 1.39. The third kappa shape index (κ3) is 5.76. The molecule has 2 amide bonds. The zero-order chi connectivity index (χ0) is 20.6. The lowest BCUT2D eigenvalue weighted by atomic mass is 10.1. The van der Waals surface area contributed by atoms with Crippen LogP contribution in [0.25, 0.3) is 0 Å². The fraction of sp³-hybridized carbons (Fsp3) is 0.136. The van der Waals surface area contributed by atoms with Gasteiger partial charge in [0.15, 0.2) is 0 Å². The molecule has 6 nitrogen and oxygen atoms in total. The summed E-state index contributed by atoms with van der Waals surface area (Å²) in [6, 6.07) is 18.2. The van der Waals surface area contributed by atoms with E-state index in [0.717, 1.165) is 16.9 Å². The van der Waals surface area contributed by atoms with Gasteiger partial charge in [-0.2, -0.15) is 5.10 Å². The number of nitrogens with one attached hydrogen (secondary N) is 2. The number of methoxy groups -OCH3 is 1. The number of ether oxygens (including phenoxy) is 1. The maximum absolute atomic E-state index is 12.1. The molecule has 0 radical (unpaired) electrons. The Morgan fingerprint density at radius 1 is 1.03 bits per heavy atom. The standard InChI is InChI=1S/C22H21N3O3S/c1-15(24-25-21(26)14-16-5-11-19(28-2)12-6-16)17-7-9-18(10-8-17)23-22(27)20-4-3-13-29-20/h3-13H,14H2,1-2H3,(H,23,27)(H,25,26). The Morgan fingerprint density at radius 3 is 2.38 bits per heavy atom. The number of rotatable bonds is 7. The van der Waals surface area contributed by atoms with Crippen LogP contribution >= 0.6 is 11.3 Å². The topological polar surface area (TPSA) is 79.8 Å². The Hall–Kier alpha value is -3.45. The molecular formula is C22H21N3O3S. The van der Waals surface area contributed by atoms with Crippen molar-refractivity contribution in [1.82, 2.24) is 5.43 Å². The van der Waals surface area contributed by atoms with E-state index in [9.17, 15) is 9.59 Å². The summed E-state index contributed by atoms with van der Waals surface area (Å²) in [7, 11) is 1.60. The molecule has 2 N–H and O–H groups in total. The number of carbonyl (C=O) groups excluding carboxylic acids is 2. The average molecular weight is 407 g/mol. The molecule has 7 heteroatoms. The van der Waals surface area contributed by atoms with Gasteiger partial charge in [-0.15, -0.1) is 11.3 Å². The molecule has 1 aromatic heterocycles. The predicted molar refractivity (Wildman–Crippen MR) is 116 cm³/mol. The van der Waals surface area contributed by atoms with Gasteiger partial charge < -0.3 is 10.1 Å². The van der Waals surface area contributed by atoms with Crippen LogP contribution < -0.4 is 15.5 Å². The maximum atomic E-state index is 12.1. The van der Waals surface area contributed by atoms with Gasteiger partial charge in [-0.1, -0.05) is 30.3 Å². The van der Waals surface area contributed by atoms with Crippen molar-refractivity contribution >= 4 is 34.6 Å². The molecule has 2 aromatic carbocycles. The fourth-order valence-corrected chi connectivity index (χ4v) is 3.19. The van der Waals surface area contributed by atoms with E-state index >= 15 is 0 Å². The number of thiophene rings is 1. The van der Waals surface area contributed by atoms with Crippen molar-refractivity contribution in [1.29, 1.82) is 0 Å². The van der Waals surface area contributed by atoms with E-state index in [1.807, 2.05) is 54.8 Å². The third-order valence-corrected chi connectivity index (χ3v) is 5.05. The zero-order valence-electron chi connectivity index (χ0n) is 16.1. The van der Waals surface area contributed by atoms with Crippen molar-refractivity contribution in [3.05, 3.63) is 82.0 Å². The minimum absolute atomic E-state index is 0.135. The predicted octanol–water partition coefficient (Wildman–Crippen LogP) is 4.09. The summed E-state index contributed by atoms with van der Waals surface area (Å²) in [5, 5.41) is 8.87. The highest BCUT2D eigenvalue weighted by Crippen LogP contribution is 2.15. The van der Waals surface area contributed by atoms with Gasteiger partial charge in [0, 0.05) is 5.69 Å². The Kier molecular flexibility index (Phi) is 6.76. The Bertz CT molecular complexity index is 995. The first-order valence-corrected chi connectivity index (χ1v) is 9.84. The number of anilines is 1. The van der Waals surface area contributed by atoms with E-state index in [2.05, 4.69) is 15.8 Å². The number of nitrogens with zero attached hydrogens (tertiary/aromatic N) is 1. The monoisotopic (exact) mass is 407 g/mol. The second-order valence-corrected chi connectivity index (χ2v) is 7.21. The zero-order valence-corrected chi connectivity index (χ0v) is 17.0. The van der Waals surface area contributed by atoms with E-state index in [-0.39, 0.29) is 18.2 Å². The molecule has 0 fully saturated rings. The molecule has 148 valence electrons. The number of amides is 2. The van der Waals surface area contributed by atoms with Gasteiger partial charge in [-0.3, -0.25) is 9.59 Å². The van der Waals surface area contributed by atoms with Crippen molar-refractivity contribution in [2.75, 3.05) is 12.4 Å². The summed E-state index contributed by atoms with van der Waals surface area (Å²) in [5.41, 5.74) is 5.67. The van der Waals surface area contributed by atoms with Crippen LogP contribution in [0.5, 0.6) is 5.75 Å². The molecular weight excluding hydrogens is 386 g/mol. The Labute approximate surface area is 173 Å². The molecule has 0 aliphatic heterocycles. The van der Waals surface area contributed by atoms with Crippen LogP contribution in [0.15, 0.2) is 71.1 Å². The highest BCUT2D eigenvalue weighted by Gasteiger charge is 2.07. The summed E-state index contributed by atoms with van der Waals surface area (Å²) < 4.78 is 5.11. The maximum Gasteiger partial charge on any atom is 0.265 e. The van der Waals surface area contributed by atoms with Crippen molar-refractivity contribution < 1.29 is 14.3 Å². The molecule has 0 bridgehead atoms. The van der Waals surface area contributed by atoms with Crippen molar-refractivity contribution in [3.63, 3.8) is 0 Å². The van der Waals surface area contributed by atoms with Crippen LogP contribution in [0.4, 0.5) is 5.69 Å². The lowest BCUT2D eigenvalue weighted by Crippen LogP contribution is -2.21. The number of hydrogen-bond acceptors (Lipinski definition) is 5.